The van der Waals surface area contributed by atoms with Crippen LogP contribution in [0.15, 0.2) is 0 Å². The van der Waals surface area contributed by atoms with E-state index in [0.29, 0.717) is 0 Å². The topological polar surface area (TPSA) is 17.1 Å². The Hall–Kier alpha value is 0.540. The van der Waals surface area contributed by atoms with Gasteiger partial charge in [-0.2, -0.15) is 0 Å². The number of halogens is 3. The fourth-order valence-electron chi connectivity index (χ4n) is 0. The largest absolute Gasteiger partial charge is 1.00 e. The second-order valence-corrected chi connectivity index (χ2v) is 3.34. The van der Waals surface area contributed by atoms with Gasteiger partial charge < -0.3 is 0 Å². The predicted molar refractivity (Wildman–Crippen MR) is 32.1 cm³/mol. The Morgan fingerprint density at radius 1 is 1.57 bits per heavy atom. The molecule has 0 spiro atoms. The summed E-state index contributed by atoms with van der Waals surface area (Å²) in [6.07, 6.45) is 0. The Morgan fingerprint density at radius 2 is 1.71 bits per heavy atom. The highest BCUT2D eigenvalue weighted by atomic mass is 35.6. The Morgan fingerprint density at radius 3 is 1.71 bits per heavy atom. The van der Waals surface area contributed by atoms with E-state index in [1.807, 2.05) is 0 Å². The van der Waals surface area contributed by atoms with Gasteiger partial charge in [0.15, 0.2) is 5.78 Å². The number of carbonyl (C=O) groups excluding carboxylic acids is 1. The molecule has 0 aliphatic carbocycles. The first-order chi connectivity index (χ1) is 2.94. The van der Waals surface area contributed by atoms with E-state index in [4.69, 9.17) is 34.8 Å². The van der Waals surface area contributed by atoms with Gasteiger partial charge in [0.05, 0.1) is 0 Å². The quantitative estimate of drug-likeness (QED) is 0.498. The number of hydrogen-bond donors (Lipinski definition) is 0. The summed E-state index contributed by atoms with van der Waals surface area (Å²) in [5, 5.41) is 0. The first-order valence-electron chi connectivity index (χ1n) is 1.52. The molecular formula is C3H4Cl3O+. The molecule has 0 N–H and O–H groups in total. The SMILES string of the molecule is CC(=O)C(Cl)(Cl)Cl.[H+]. The average molecular weight is 162 g/mol. The van der Waals surface area contributed by atoms with Crippen molar-refractivity contribution in [3.05, 3.63) is 0 Å². The van der Waals surface area contributed by atoms with Crippen molar-refractivity contribution < 1.29 is 6.22 Å². The van der Waals surface area contributed by atoms with Crippen LogP contribution < -0.4 is 0 Å². The molecule has 0 aliphatic heterocycles. The third kappa shape index (κ3) is 3.15. The summed E-state index contributed by atoms with van der Waals surface area (Å²) in [7, 11) is 0. The zero-order valence-corrected chi connectivity index (χ0v) is 5.81. The molecule has 0 radical (unpaired) electrons. The molecule has 4 heteroatoms. The Bertz CT molecular complexity index is 87.0. The van der Waals surface area contributed by atoms with Gasteiger partial charge in [0, 0.05) is 0 Å². The molecule has 0 aromatic heterocycles. The van der Waals surface area contributed by atoms with Crippen LogP contribution in [0.25, 0.3) is 0 Å². The second-order valence-electron chi connectivity index (χ2n) is 1.05. The van der Waals surface area contributed by atoms with Crippen molar-refractivity contribution in [2.75, 3.05) is 0 Å². The van der Waals surface area contributed by atoms with E-state index in [-0.39, 0.29) is 1.43 Å². The highest BCUT2D eigenvalue weighted by Gasteiger charge is 2.25. The average Bonchev–Trinajstić information content (AvgIpc) is 1.31. The molecule has 0 aromatic carbocycles. The first kappa shape index (κ1) is 7.54. The van der Waals surface area contributed by atoms with Gasteiger partial charge >= 0.3 is 1.43 Å². The molecule has 0 fully saturated rings. The van der Waals surface area contributed by atoms with Crippen molar-refractivity contribution in [2.24, 2.45) is 0 Å². The summed E-state index contributed by atoms with van der Waals surface area (Å²) >= 11 is 15.1. The van der Waals surface area contributed by atoms with E-state index in [1.54, 1.807) is 0 Å². The lowest BCUT2D eigenvalue weighted by atomic mass is 10.5. The lowest BCUT2D eigenvalue weighted by molar-refractivity contribution is -0.116. The molecule has 0 amide bonds. The number of rotatable bonds is 0. The minimum atomic E-state index is -1.72. The van der Waals surface area contributed by atoms with Crippen LogP contribution in [-0.4, -0.2) is 9.58 Å². The summed E-state index contributed by atoms with van der Waals surface area (Å²) in [5.41, 5.74) is 0. The van der Waals surface area contributed by atoms with Crippen LogP contribution in [0, 0.1) is 0 Å². The smallest absolute Gasteiger partial charge is 0.295 e. The fourth-order valence-corrected chi connectivity index (χ4v) is 0. The molecule has 0 heterocycles. The second kappa shape index (κ2) is 2.21. The molecule has 0 saturated heterocycles. The summed E-state index contributed by atoms with van der Waals surface area (Å²) in [6, 6.07) is 0. The molecule has 0 atom stereocenters. The highest BCUT2D eigenvalue weighted by molar-refractivity contribution is 6.76. The fraction of sp³-hybridized carbons (Fsp3) is 0.667. The van der Waals surface area contributed by atoms with Crippen LogP contribution >= 0.6 is 34.8 Å². The van der Waals surface area contributed by atoms with Crippen molar-refractivity contribution in [3.63, 3.8) is 0 Å². The van der Waals surface area contributed by atoms with Crippen molar-refractivity contribution in [1.82, 2.24) is 0 Å². The number of carbonyl (C=O) groups is 1. The van der Waals surface area contributed by atoms with Crippen molar-refractivity contribution >= 4 is 40.6 Å². The molecule has 0 aliphatic rings. The zero-order valence-electron chi connectivity index (χ0n) is 4.54. The molecule has 0 rings (SSSR count). The normalized spacial score (nSPS) is 11.4. The molecule has 1 nitrogen and oxygen atoms in total. The summed E-state index contributed by atoms with van der Waals surface area (Å²) in [5.74, 6) is -0.461. The molecular weight excluding hydrogens is 158 g/mol. The van der Waals surface area contributed by atoms with Gasteiger partial charge in [-0.05, 0) is 6.92 Å². The van der Waals surface area contributed by atoms with E-state index >= 15 is 0 Å². The van der Waals surface area contributed by atoms with Gasteiger partial charge in [-0.3, -0.25) is 4.79 Å². The number of ketones is 1. The third-order valence-electron chi connectivity index (χ3n) is 0.399. The Balaban J connectivity index is 0. The van der Waals surface area contributed by atoms with Gasteiger partial charge in [-0.25, -0.2) is 0 Å². The minimum Gasteiger partial charge on any atom is -0.295 e. The van der Waals surface area contributed by atoms with E-state index in [9.17, 15) is 4.79 Å². The van der Waals surface area contributed by atoms with E-state index in [2.05, 4.69) is 0 Å². The van der Waals surface area contributed by atoms with Crippen LogP contribution in [0.3, 0.4) is 0 Å². The van der Waals surface area contributed by atoms with Gasteiger partial charge in [0.25, 0.3) is 0 Å². The van der Waals surface area contributed by atoms with Crippen LogP contribution in [-0.2, 0) is 4.79 Å². The van der Waals surface area contributed by atoms with Gasteiger partial charge in [-0.1, -0.05) is 34.8 Å². The molecule has 7 heavy (non-hydrogen) atoms. The van der Waals surface area contributed by atoms with Gasteiger partial charge in [0.2, 0.25) is 3.79 Å². The maximum atomic E-state index is 10.1. The van der Waals surface area contributed by atoms with E-state index < -0.39 is 9.58 Å². The summed E-state index contributed by atoms with van der Waals surface area (Å²) in [6.45, 7) is 1.22. The Kier molecular flexibility index (Phi) is 2.38. The van der Waals surface area contributed by atoms with E-state index in [0.717, 1.165) is 0 Å². The van der Waals surface area contributed by atoms with Crippen LogP contribution in [0.4, 0.5) is 0 Å². The Labute approximate surface area is 58.0 Å². The monoisotopic (exact) mass is 161 g/mol. The lowest BCUT2D eigenvalue weighted by Crippen LogP contribution is -2.13. The lowest BCUT2D eigenvalue weighted by Gasteiger charge is -2.01. The molecule has 0 saturated carbocycles. The molecule has 0 aromatic rings. The van der Waals surface area contributed by atoms with Crippen LogP contribution in [0.2, 0.25) is 0 Å². The number of alkyl halides is 3. The standard InChI is InChI=1S/C3H3Cl3O/c1-2(7)3(4,5)6/h1H3/p+1. The molecule has 42 valence electrons. The minimum absolute atomic E-state index is 0. The van der Waals surface area contributed by atoms with Crippen molar-refractivity contribution in [2.45, 2.75) is 10.7 Å². The predicted octanol–water partition coefficient (Wildman–Crippen LogP) is 2.06. The van der Waals surface area contributed by atoms with E-state index in [1.165, 1.54) is 6.92 Å². The maximum absolute atomic E-state index is 10.1. The zero-order chi connectivity index (χ0) is 6.08. The van der Waals surface area contributed by atoms with Crippen molar-refractivity contribution in [3.8, 4) is 0 Å². The van der Waals surface area contributed by atoms with Crippen LogP contribution in [0.1, 0.15) is 8.35 Å². The molecule has 0 bridgehead atoms. The third-order valence-corrected chi connectivity index (χ3v) is 1.20. The van der Waals surface area contributed by atoms with Gasteiger partial charge in [0.1, 0.15) is 0 Å². The number of Topliss-reactive ketones (excluding diaryl/α,β-unsaturated/α-hetero) is 1. The summed E-state index contributed by atoms with van der Waals surface area (Å²) < 4.78 is -1.72. The van der Waals surface area contributed by atoms with Crippen LogP contribution in [0.5, 0.6) is 0 Å². The van der Waals surface area contributed by atoms with Crippen molar-refractivity contribution in [1.29, 1.82) is 0 Å². The summed E-state index contributed by atoms with van der Waals surface area (Å²) in [4.78, 5) is 10.1. The molecule has 0 unspecified atom stereocenters. The first-order valence-corrected chi connectivity index (χ1v) is 2.65. The number of hydrogen-bond acceptors (Lipinski definition) is 1. The highest BCUT2D eigenvalue weighted by Crippen LogP contribution is 2.26. The van der Waals surface area contributed by atoms with Gasteiger partial charge in [-0.15, -0.1) is 0 Å². The maximum Gasteiger partial charge on any atom is 1.00 e.